The second-order valence-corrected chi connectivity index (χ2v) is 4.26. The van der Waals surface area contributed by atoms with Crippen molar-refractivity contribution in [2.45, 2.75) is 38.6 Å². The Morgan fingerprint density at radius 3 is 2.50 bits per heavy atom. The van der Waals surface area contributed by atoms with E-state index in [1.165, 1.54) is 0 Å². The molecule has 1 amide bonds. The van der Waals surface area contributed by atoms with E-state index in [0.717, 1.165) is 18.4 Å². The van der Waals surface area contributed by atoms with Gasteiger partial charge in [-0.25, -0.2) is 0 Å². The Kier molecular flexibility index (Phi) is 5.33. The van der Waals surface area contributed by atoms with Gasteiger partial charge in [-0.3, -0.25) is 4.79 Å². The maximum Gasteiger partial charge on any atom is 0.251 e. The van der Waals surface area contributed by atoms with Crippen molar-refractivity contribution in [1.82, 2.24) is 5.32 Å². The molecule has 1 aromatic carbocycles. The Hall–Kier alpha value is -1.02. The highest BCUT2D eigenvalue weighted by atomic mass is 35.5. The van der Waals surface area contributed by atoms with Gasteiger partial charge in [0.2, 0.25) is 0 Å². The van der Waals surface area contributed by atoms with Gasteiger partial charge in [-0.15, -0.1) is 11.6 Å². The topological polar surface area (TPSA) is 29.1 Å². The van der Waals surface area contributed by atoms with Gasteiger partial charge in [0.05, 0.1) is 0 Å². The second-order valence-electron chi connectivity index (χ2n) is 3.99. The van der Waals surface area contributed by atoms with Gasteiger partial charge in [0, 0.05) is 17.5 Å². The lowest BCUT2D eigenvalue weighted by atomic mass is 10.1. The molecule has 0 aliphatic heterocycles. The molecule has 2 nitrogen and oxygen atoms in total. The number of rotatable bonds is 5. The third-order valence-electron chi connectivity index (χ3n) is 2.47. The lowest BCUT2D eigenvalue weighted by Gasteiger charge is -2.12. The first-order valence-electron chi connectivity index (χ1n) is 5.63. The minimum Gasteiger partial charge on any atom is -0.350 e. The summed E-state index contributed by atoms with van der Waals surface area (Å²) >= 11 is 5.68. The summed E-state index contributed by atoms with van der Waals surface area (Å²) in [5.41, 5.74) is 1.72. The van der Waals surface area contributed by atoms with E-state index in [0.29, 0.717) is 11.4 Å². The highest BCUT2D eigenvalue weighted by molar-refractivity contribution is 6.17. The van der Waals surface area contributed by atoms with Crippen LogP contribution >= 0.6 is 11.6 Å². The van der Waals surface area contributed by atoms with Gasteiger partial charge in [-0.05, 0) is 31.0 Å². The van der Waals surface area contributed by atoms with Crippen molar-refractivity contribution < 1.29 is 4.79 Å². The third kappa shape index (κ3) is 3.86. The van der Waals surface area contributed by atoms with Crippen molar-refractivity contribution in [3.8, 4) is 0 Å². The van der Waals surface area contributed by atoms with Gasteiger partial charge >= 0.3 is 0 Å². The normalized spacial score (nSPS) is 12.2. The van der Waals surface area contributed by atoms with E-state index in [4.69, 9.17) is 11.6 Å². The Morgan fingerprint density at radius 1 is 1.38 bits per heavy atom. The van der Waals surface area contributed by atoms with Gasteiger partial charge in [-0.1, -0.05) is 25.5 Å². The van der Waals surface area contributed by atoms with Crippen LogP contribution in [-0.2, 0) is 5.88 Å². The average Bonchev–Trinajstić information content (AvgIpc) is 2.29. The molecular weight excluding hydrogens is 222 g/mol. The molecule has 0 heterocycles. The van der Waals surface area contributed by atoms with E-state index < -0.39 is 0 Å². The fourth-order valence-corrected chi connectivity index (χ4v) is 1.74. The molecule has 0 aliphatic carbocycles. The van der Waals surface area contributed by atoms with Crippen LogP contribution in [0, 0.1) is 0 Å². The average molecular weight is 240 g/mol. The summed E-state index contributed by atoms with van der Waals surface area (Å²) in [4.78, 5) is 11.8. The van der Waals surface area contributed by atoms with Crippen LogP contribution in [0.15, 0.2) is 24.3 Å². The Morgan fingerprint density at radius 2 is 2.00 bits per heavy atom. The Balaban J connectivity index is 2.59. The van der Waals surface area contributed by atoms with Crippen LogP contribution in [0.25, 0.3) is 0 Å². The number of benzene rings is 1. The van der Waals surface area contributed by atoms with Crippen LogP contribution in [0.4, 0.5) is 0 Å². The zero-order valence-corrected chi connectivity index (χ0v) is 10.6. The van der Waals surface area contributed by atoms with Gasteiger partial charge in [0.25, 0.3) is 5.91 Å². The fourth-order valence-electron chi connectivity index (χ4n) is 1.56. The van der Waals surface area contributed by atoms with Gasteiger partial charge < -0.3 is 5.32 Å². The lowest BCUT2D eigenvalue weighted by Crippen LogP contribution is -2.32. The maximum atomic E-state index is 11.8. The molecule has 16 heavy (non-hydrogen) atoms. The van der Waals surface area contributed by atoms with E-state index in [2.05, 4.69) is 12.2 Å². The van der Waals surface area contributed by atoms with Gasteiger partial charge in [0.1, 0.15) is 0 Å². The zero-order chi connectivity index (χ0) is 12.0. The SMILES string of the molecule is CCCC(C)NC(=O)c1ccc(CCl)cc1. The molecule has 1 N–H and O–H groups in total. The highest BCUT2D eigenvalue weighted by Crippen LogP contribution is 2.07. The molecule has 0 saturated carbocycles. The molecule has 0 saturated heterocycles. The van der Waals surface area contributed by atoms with Crippen LogP contribution in [0.1, 0.15) is 42.6 Å². The molecule has 3 heteroatoms. The van der Waals surface area contributed by atoms with Gasteiger partial charge in [-0.2, -0.15) is 0 Å². The predicted molar refractivity (Wildman–Crippen MR) is 67.8 cm³/mol. The third-order valence-corrected chi connectivity index (χ3v) is 2.78. The smallest absolute Gasteiger partial charge is 0.251 e. The fraction of sp³-hybridized carbons (Fsp3) is 0.462. The molecule has 1 rings (SSSR count). The molecule has 1 atom stereocenters. The standard InChI is InChI=1S/C13H18ClNO/c1-3-4-10(2)15-13(16)12-7-5-11(9-14)6-8-12/h5-8,10H,3-4,9H2,1-2H3,(H,15,16). The molecule has 0 fully saturated rings. The second kappa shape index (κ2) is 6.54. The maximum absolute atomic E-state index is 11.8. The van der Waals surface area contributed by atoms with E-state index in [9.17, 15) is 4.79 Å². The lowest BCUT2D eigenvalue weighted by molar-refractivity contribution is 0.0938. The highest BCUT2D eigenvalue weighted by Gasteiger charge is 2.08. The summed E-state index contributed by atoms with van der Waals surface area (Å²) in [5.74, 6) is 0.468. The molecule has 1 unspecified atom stereocenters. The van der Waals surface area contributed by atoms with Crippen LogP contribution in [0.5, 0.6) is 0 Å². The van der Waals surface area contributed by atoms with Gasteiger partial charge in [0.15, 0.2) is 0 Å². The number of carbonyl (C=O) groups is 1. The van der Waals surface area contributed by atoms with Crippen molar-refractivity contribution in [3.05, 3.63) is 35.4 Å². The van der Waals surface area contributed by atoms with Crippen molar-refractivity contribution in [1.29, 1.82) is 0 Å². The molecule has 0 spiro atoms. The summed E-state index contributed by atoms with van der Waals surface area (Å²) < 4.78 is 0. The summed E-state index contributed by atoms with van der Waals surface area (Å²) in [7, 11) is 0. The predicted octanol–water partition coefficient (Wildman–Crippen LogP) is 3.34. The quantitative estimate of drug-likeness (QED) is 0.785. The van der Waals surface area contributed by atoms with E-state index >= 15 is 0 Å². The van der Waals surface area contributed by atoms with E-state index in [1.807, 2.05) is 31.2 Å². The van der Waals surface area contributed by atoms with Crippen LogP contribution in [0.3, 0.4) is 0 Å². The monoisotopic (exact) mass is 239 g/mol. The van der Waals surface area contributed by atoms with Crippen molar-refractivity contribution in [2.24, 2.45) is 0 Å². The molecule has 0 radical (unpaired) electrons. The first kappa shape index (κ1) is 13.0. The molecule has 0 aliphatic rings. The molecule has 88 valence electrons. The molecule has 0 aromatic heterocycles. The zero-order valence-electron chi connectivity index (χ0n) is 9.79. The first-order valence-corrected chi connectivity index (χ1v) is 6.16. The summed E-state index contributed by atoms with van der Waals surface area (Å²) in [5, 5.41) is 2.96. The van der Waals surface area contributed by atoms with Crippen LogP contribution < -0.4 is 5.32 Å². The number of hydrogen-bond acceptors (Lipinski definition) is 1. The van der Waals surface area contributed by atoms with Crippen molar-refractivity contribution in [2.75, 3.05) is 0 Å². The number of halogens is 1. The summed E-state index contributed by atoms with van der Waals surface area (Å²) in [6, 6.07) is 7.61. The Labute approximate surface area is 102 Å². The Bertz CT molecular complexity index is 334. The minimum atomic E-state index is -0.0120. The molecule has 0 bridgehead atoms. The van der Waals surface area contributed by atoms with Crippen LogP contribution in [0.2, 0.25) is 0 Å². The number of alkyl halides is 1. The van der Waals surface area contributed by atoms with Crippen LogP contribution in [-0.4, -0.2) is 11.9 Å². The van der Waals surface area contributed by atoms with E-state index in [1.54, 1.807) is 0 Å². The van der Waals surface area contributed by atoms with Crippen molar-refractivity contribution >= 4 is 17.5 Å². The van der Waals surface area contributed by atoms with E-state index in [-0.39, 0.29) is 11.9 Å². The number of hydrogen-bond donors (Lipinski definition) is 1. The molecular formula is C13H18ClNO. The number of amides is 1. The first-order chi connectivity index (χ1) is 7.67. The molecule has 1 aromatic rings. The van der Waals surface area contributed by atoms with Crippen molar-refractivity contribution in [3.63, 3.8) is 0 Å². The summed E-state index contributed by atoms with van der Waals surface area (Å²) in [6.45, 7) is 4.13. The number of nitrogens with one attached hydrogen (secondary N) is 1. The largest absolute Gasteiger partial charge is 0.350 e. The number of carbonyl (C=O) groups excluding carboxylic acids is 1. The minimum absolute atomic E-state index is 0.0120. The summed E-state index contributed by atoms with van der Waals surface area (Å²) in [6.07, 6.45) is 2.08.